The van der Waals surface area contributed by atoms with Gasteiger partial charge < -0.3 is 15.4 Å². The van der Waals surface area contributed by atoms with Crippen molar-refractivity contribution in [2.24, 2.45) is 0 Å². The van der Waals surface area contributed by atoms with E-state index in [2.05, 4.69) is 33.5 Å². The van der Waals surface area contributed by atoms with E-state index in [0.29, 0.717) is 29.2 Å². The van der Waals surface area contributed by atoms with Gasteiger partial charge in [-0.25, -0.2) is 0 Å². The highest BCUT2D eigenvalue weighted by Crippen LogP contribution is 2.18. The molecule has 0 atom stereocenters. The molecule has 2 N–H and O–H groups in total. The van der Waals surface area contributed by atoms with Crippen LogP contribution in [0.4, 0.5) is 11.4 Å². The third kappa shape index (κ3) is 7.79. The number of amides is 2. The van der Waals surface area contributed by atoms with E-state index in [1.54, 1.807) is 42.5 Å². The van der Waals surface area contributed by atoms with Crippen LogP contribution >= 0.6 is 15.9 Å². The second-order valence-electron chi connectivity index (χ2n) is 7.55. The first-order valence-electron chi connectivity index (χ1n) is 10.9. The molecule has 0 aliphatic rings. The molecule has 0 saturated carbocycles. The summed E-state index contributed by atoms with van der Waals surface area (Å²) in [5, 5.41) is 16.2. The summed E-state index contributed by atoms with van der Waals surface area (Å²) >= 11 is 3.37. The average molecular weight is 538 g/mol. The predicted molar refractivity (Wildman–Crippen MR) is 138 cm³/mol. The molecule has 2 amide bonds. The Morgan fingerprint density at radius 1 is 1.00 bits per heavy atom. The molecule has 0 heterocycles. The highest BCUT2D eigenvalue weighted by Gasteiger charge is 2.16. The van der Waals surface area contributed by atoms with E-state index in [1.165, 1.54) is 24.3 Å². The van der Waals surface area contributed by atoms with Crippen LogP contribution in [0, 0.1) is 10.1 Å². The molecule has 3 aromatic rings. The fourth-order valence-corrected chi connectivity index (χ4v) is 3.24. The Balaban J connectivity index is 1.78. The maximum atomic E-state index is 13.0. The van der Waals surface area contributed by atoms with Gasteiger partial charge in [-0.15, -0.1) is 0 Å². The molecule has 0 aliphatic heterocycles. The van der Waals surface area contributed by atoms with Gasteiger partial charge >= 0.3 is 0 Å². The van der Waals surface area contributed by atoms with Crippen molar-refractivity contribution in [2.45, 2.75) is 19.8 Å². The maximum Gasteiger partial charge on any atom is 0.272 e. The topological polar surface area (TPSA) is 111 Å². The van der Waals surface area contributed by atoms with Crippen molar-refractivity contribution in [1.82, 2.24) is 5.32 Å². The van der Waals surface area contributed by atoms with Gasteiger partial charge in [0.15, 0.2) is 0 Å². The number of hydrogen-bond donors (Lipinski definition) is 2. The standard InChI is InChI=1S/C26H24BrN3O5/c1-2-3-16-35-23-14-6-19(7-15-23)25(31)29-24(17-18-4-8-20(27)9-5-18)26(32)28-21-10-12-22(13-11-21)30(33)34/h4-15,17H,2-3,16H2,1H3,(H,28,32)(H,29,31)/b24-17-. The van der Waals surface area contributed by atoms with Crippen LogP contribution < -0.4 is 15.4 Å². The number of halogens is 1. The molecule has 0 aliphatic carbocycles. The summed E-state index contributed by atoms with van der Waals surface area (Å²) in [4.78, 5) is 36.2. The Kier molecular flexibility index (Phi) is 9.14. The van der Waals surface area contributed by atoms with E-state index in [1.807, 2.05) is 12.1 Å². The van der Waals surface area contributed by atoms with Crippen LogP contribution in [0.25, 0.3) is 6.08 Å². The first-order valence-corrected chi connectivity index (χ1v) is 11.7. The Labute approximate surface area is 211 Å². The largest absolute Gasteiger partial charge is 0.494 e. The molecule has 35 heavy (non-hydrogen) atoms. The normalized spacial score (nSPS) is 11.0. The number of non-ortho nitro benzene ring substituents is 1. The third-order valence-electron chi connectivity index (χ3n) is 4.89. The Bertz CT molecular complexity index is 1210. The van der Waals surface area contributed by atoms with Crippen LogP contribution in [0.1, 0.15) is 35.7 Å². The van der Waals surface area contributed by atoms with Crippen LogP contribution in [-0.2, 0) is 4.79 Å². The minimum atomic E-state index is -0.574. The molecule has 3 aromatic carbocycles. The molecular weight excluding hydrogens is 514 g/mol. The molecule has 0 radical (unpaired) electrons. The SMILES string of the molecule is CCCCOc1ccc(C(=O)N/C(=C\c2ccc(Br)cc2)C(=O)Nc2ccc([N+](=O)[O-])cc2)cc1. The number of carbonyl (C=O) groups excluding carboxylic acids is 2. The molecule has 0 fully saturated rings. The number of nitro benzene ring substituents is 1. The quantitative estimate of drug-likeness (QED) is 0.144. The first kappa shape index (κ1) is 25.6. The Morgan fingerprint density at radius 3 is 2.26 bits per heavy atom. The number of unbranched alkanes of at least 4 members (excludes halogenated alkanes) is 1. The second-order valence-corrected chi connectivity index (χ2v) is 8.46. The maximum absolute atomic E-state index is 13.0. The number of anilines is 1. The molecule has 9 heteroatoms. The lowest BCUT2D eigenvalue weighted by Gasteiger charge is -2.12. The van der Waals surface area contributed by atoms with Crippen LogP contribution in [0.3, 0.4) is 0 Å². The van der Waals surface area contributed by atoms with E-state index >= 15 is 0 Å². The molecule has 8 nitrogen and oxygen atoms in total. The number of hydrogen-bond acceptors (Lipinski definition) is 5. The Hall–Kier alpha value is -3.98. The van der Waals surface area contributed by atoms with Crippen molar-refractivity contribution in [2.75, 3.05) is 11.9 Å². The van der Waals surface area contributed by atoms with Gasteiger partial charge in [-0.1, -0.05) is 41.4 Å². The number of carbonyl (C=O) groups is 2. The highest BCUT2D eigenvalue weighted by atomic mass is 79.9. The van der Waals surface area contributed by atoms with Gasteiger partial charge in [0.25, 0.3) is 17.5 Å². The van der Waals surface area contributed by atoms with Gasteiger partial charge in [-0.2, -0.15) is 0 Å². The number of rotatable bonds is 10. The van der Waals surface area contributed by atoms with Crippen LogP contribution in [0.5, 0.6) is 5.75 Å². The fourth-order valence-electron chi connectivity index (χ4n) is 2.98. The lowest BCUT2D eigenvalue weighted by molar-refractivity contribution is -0.384. The zero-order chi connectivity index (χ0) is 25.2. The zero-order valence-corrected chi connectivity index (χ0v) is 20.6. The molecule has 3 rings (SSSR count). The monoisotopic (exact) mass is 537 g/mol. The van der Waals surface area contributed by atoms with Gasteiger partial charge in [0.05, 0.1) is 11.5 Å². The minimum Gasteiger partial charge on any atom is -0.494 e. The summed E-state index contributed by atoms with van der Waals surface area (Å²) < 4.78 is 6.50. The van der Waals surface area contributed by atoms with Gasteiger partial charge in [-0.05, 0) is 66.6 Å². The van der Waals surface area contributed by atoms with Crippen molar-refractivity contribution in [3.8, 4) is 5.75 Å². The third-order valence-corrected chi connectivity index (χ3v) is 5.42. The van der Waals surface area contributed by atoms with Crippen LogP contribution in [-0.4, -0.2) is 23.3 Å². The van der Waals surface area contributed by atoms with Crippen LogP contribution in [0.2, 0.25) is 0 Å². The lowest BCUT2D eigenvalue weighted by Crippen LogP contribution is -2.30. The number of nitrogens with one attached hydrogen (secondary N) is 2. The first-order chi connectivity index (χ1) is 16.9. The second kappa shape index (κ2) is 12.5. The summed E-state index contributed by atoms with van der Waals surface area (Å²) in [6.45, 7) is 2.68. The fraction of sp³-hybridized carbons (Fsp3) is 0.154. The highest BCUT2D eigenvalue weighted by molar-refractivity contribution is 9.10. The van der Waals surface area contributed by atoms with E-state index in [-0.39, 0.29) is 11.4 Å². The number of benzene rings is 3. The molecule has 0 spiro atoms. The zero-order valence-electron chi connectivity index (χ0n) is 19.0. The Morgan fingerprint density at radius 2 is 1.66 bits per heavy atom. The van der Waals surface area contributed by atoms with E-state index < -0.39 is 16.7 Å². The summed E-state index contributed by atoms with van der Waals surface area (Å²) in [6, 6.07) is 19.3. The minimum absolute atomic E-state index is 0.0129. The molecule has 0 bridgehead atoms. The number of nitrogens with zero attached hydrogens (tertiary/aromatic N) is 1. The van der Waals surface area contributed by atoms with Crippen molar-refractivity contribution >= 4 is 45.2 Å². The predicted octanol–water partition coefficient (Wildman–Crippen LogP) is 5.95. The van der Waals surface area contributed by atoms with E-state index in [4.69, 9.17) is 4.74 Å². The summed E-state index contributed by atoms with van der Waals surface area (Å²) in [7, 11) is 0. The van der Waals surface area contributed by atoms with Gasteiger partial charge in [0, 0.05) is 27.9 Å². The smallest absolute Gasteiger partial charge is 0.272 e. The van der Waals surface area contributed by atoms with Gasteiger partial charge in [-0.3, -0.25) is 19.7 Å². The molecular formula is C26H24BrN3O5. The molecule has 180 valence electrons. The van der Waals surface area contributed by atoms with Crippen LogP contribution in [0.15, 0.2) is 83.0 Å². The lowest BCUT2D eigenvalue weighted by atomic mass is 10.1. The number of ether oxygens (including phenoxy) is 1. The van der Waals surface area contributed by atoms with Crippen molar-refractivity contribution in [1.29, 1.82) is 0 Å². The molecule has 0 saturated heterocycles. The number of nitro groups is 1. The summed E-state index contributed by atoms with van der Waals surface area (Å²) in [6.07, 6.45) is 3.51. The van der Waals surface area contributed by atoms with E-state index in [9.17, 15) is 19.7 Å². The van der Waals surface area contributed by atoms with Gasteiger partial charge in [0.1, 0.15) is 11.4 Å². The van der Waals surface area contributed by atoms with Crippen molar-refractivity contribution in [3.63, 3.8) is 0 Å². The molecule has 0 aromatic heterocycles. The van der Waals surface area contributed by atoms with Gasteiger partial charge in [0.2, 0.25) is 0 Å². The van der Waals surface area contributed by atoms with E-state index in [0.717, 1.165) is 17.3 Å². The molecule has 0 unspecified atom stereocenters. The van der Waals surface area contributed by atoms with Crippen molar-refractivity contribution < 1.29 is 19.2 Å². The summed E-state index contributed by atoms with van der Waals surface area (Å²) in [5.74, 6) is -0.376. The summed E-state index contributed by atoms with van der Waals surface area (Å²) in [5.41, 5.74) is 1.33. The average Bonchev–Trinajstić information content (AvgIpc) is 2.85. The van der Waals surface area contributed by atoms with Crippen molar-refractivity contribution in [3.05, 3.63) is 104 Å².